The van der Waals surface area contributed by atoms with Gasteiger partial charge in [0.1, 0.15) is 54.5 Å². The Morgan fingerprint density at radius 3 is 1.64 bits per heavy atom. The lowest BCUT2D eigenvalue weighted by atomic mass is 9.97. The van der Waals surface area contributed by atoms with Crippen LogP contribution < -0.4 is 31.9 Å². The average Bonchev–Trinajstić information content (AvgIpc) is 4.09. The first kappa shape index (κ1) is 64.0. The Labute approximate surface area is 461 Å². The van der Waals surface area contributed by atoms with Gasteiger partial charge in [0.15, 0.2) is 0 Å². The average molecular weight is 1090 g/mol. The molecule has 2 aromatic rings. The molecule has 0 unspecified atom stereocenters. The molecule has 78 heavy (non-hydrogen) atoms. The number of amides is 8. The second kappa shape index (κ2) is 31.1. The maximum Gasteiger partial charge on any atom is 0.408 e. The number of carbonyl (C=O) groups excluding carboxylic acids is 9. The summed E-state index contributed by atoms with van der Waals surface area (Å²) in [7, 11) is 0. The monoisotopic (exact) mass is 1090 g/mol. The number of hydrogen-bond acceptors (Lipinski definition) is 12. The Morgan fingerprint density at radius 2 is 1.09 bits per heavy atom. The van der Waals surface area contributed by atoms with Crippen molar-refractivity contribution < 1.29 is 57.4 Å². The summed E-state index contributed by atoms with van der Waals surface area (Å²) in [6.07, 6.45) is 2.09. The molecule has 0 saturated carbocycles. The maximum absolute atomic E-state index is 14.4. The summed E-state index contributed by atoms with van der Waals surface area (Å²) < 4.78 is 17.0. The molecule has 2 aromatic carbocycles. The predicted molar refractivity (Wildman–Crippen MR) is 294 cm³/mol. The fourth-order valence-electron chi connectivity index (χ4n) is 9.41. The molecule has 20 heteroatoms. The van der Waals surface area contributed by atoms with Crippen LogP contribution in [-0.2, 0) is 65.8 Å². The van der Waals surface area contributed by atoms with Crippen molar-refractivity contribution >= 4 is 53.4 Å². The van der Waals surface area contributed by atoms with Crippen molar-refractivity contribution in [2.24, 2.45) is 23.7 Å². The Kier molecular flexibility index (Phi) is 25.5. The van der Waals surface area contributed by atoms with Gasteiger partial charge in [-0.05, 0) is 101 Å². The minimum Gasteiger partial charge on any atom is -0.459 e. The Bertz CT molecular complexity index is 2310. The number of hydrogen-bond donors (Lipinski definition) is 6. The van der Waals surface area contributed by atoms with Crippen molar-refractivity contribution in [2.45, 2.75) is 189 Å². The molecular weight excluding hydrogens is 1000 g/mol. The van der Waals surface area contributed by atoms with Gasteiger partial charge in [0, 0.05) is 13.1 Å². The number of rotatable bonds is 28. The molecule has 0 spiro atoms. The lowest BCUT2D eigenvalue weighted by Gasteiger charge is -2.32. The van der Waals surface area contributed by atoms with E-state index in [1.54, 1.807) is 20.8 Å². The van der Waals surface area contributed by atoms with E-state index in [0.29, 0.717) is 25.7 Å². The molecule has 2 heterocycles. The Morgan fingerprint density at radius 1 is 0.590 bits per heavy atom. The van der Waals surface area contributed by atoms with Gasteiger partial charge >= 0.3 is 12.1 Å². The lowest BCUT2D eigenvalue weighted by molar-refractivity contribution is -0.150. The van der Waals surface area contributed by atoms with Crippen molar-refractivity contribution in [1.82, 2.24) is 41.7 Å². The van der Waals surface area contributed by atoms with Crippen LogP contribution in [0.1, 0.15) is 139 Å². The van der Waals surface area contributed by atoms with Crippen molar-refractivity contribution in [3.63, 3.8) is 0 Å². The molecule has 20 nitrogen and oxygen atoms in total. The van der Waals surface area contributed by atoms with Crippen LogP contribution in [0.2, 0.25) is 0 Å². The zero-order valence-corrected chi connectivity index (χ0v) is 47.8. The third-order valence-electron chi connectivity index (χ3n) is 13.5. The third-order valence-corrected chi connectivity index (χ3v) is 13.5. The smallest absolute Gasteiger partial charge is 0.408 e. The minimum atomic E-state index is -1.30. The molecule has 0 radical (unpaired) electrons. The largest absolute Gasteiger partial charge is 0.459 e. The molecule has 4 rings (SSSR count). The van der Waals surface area contributed by atoms with Crippen LogP contribution in [0.15, 0.2) is 60.7 Å². The van der Waals surface area contributed by atoms with Gasteiger partial charge in [0.25, 0.3) is 0 Å². The molecule has 2 aliphatic heterocycles. The first-order valence-corrected chi connectivity index (χ1v) is 27.8. The lowest BCUT2D eigenvalue weighted by Crippen LogP contribution is -2.59. The Balaban J connectivity index is 1.44. The van der Waals surface area contributed by atoms with E-state index < -0.39 is 108 Å². The number of ether oxygens (including phenoxy) is 3. The van der Waals surface area contributed by atoms with Gasteiger partial charge in [-0.1, -0.05) is 122 Å². The fraction of sp³-hybridized carbons (Fsp3) is 0.638. The van der Waals surface area contributed by atoms with Crippen LogP contribution in [0.4, 0.5) is 4.79 Å². The summed E-state index contributed by atoms with van der Waals surface area (Å²) in [6.45, 7) is 20.1. The number of alkyl carbamates (subject to hydrolysis) is 1. The van der Waals surface area contributed by atoms with Gasteiger partial charge < -0.3 is 55.9 Å². The van der Waals surface area contributed by atoms with Gasteiger partial charge in [-0.3, -0.25) is 33.6 Å². The van der Waals surface area contributed by atoms with E-state index in [0.717, 1.165) is 11.1 Å². The predicted octanol–water partition coefficient (Wildman–Crippen LogP) is 5.06. The molecule has 2 aliphatic rings. The Hall–Kier alpha value is -6.57. The minimum absolute atomic E-state index is 0.00240. The van der Waals surface area contributed by atoms with Gasteiger partial charge in [0.05, 0.1) is 19.8 Å². The van der Waals surface area contributed by atoms with E-state index in [-0.39, 0.29) is 82.3 Å². The topological polar surface area (TPSA) is 260 Å². The van der Waals surface area contributed by atoms with Crippen molar-refractivity contribution in [3.05, 3.63) is 71.8 Å². The highest BCUT2D eigenvalue weighted by molar-refractivity contribution is 5.97. The van der Waals surface area contributed by atoms with Crippen LogP contribution in [0, 0.1) is 23.7 Å². The normalized spacial score (nSPS) is 17.8. The molecular formula is C58H88N8O12. The molecule has 432 valence electrons. The van der Waals surface area contributed by atoms with Crippen molar-refractivity contribution in [1.29, 1.82) is 0 Å². The number of nitrogens with zero attached hydrogens (tertiary/aromatic N) is 2. The first-order valence-electron chi connectivity index (χ1n) is 27.8. The molecule has 8 amide bonds. The number of likely N-dealkylation sites (tertiary alicyclic amines) is 2. The highest BCUT2D eigenvalue weighted by Crippen LogP contribution is 2.24. The van der Waals surface area contributed by atoms with Crippen LogP contribution in [-0.4, -0.2) is 137 Å². The molecule has 0 aromatic heterocycles. The summed E-state index contributed by atoms with van der Waals surface area (Å²) in [5, 5.41) is 16.5. The number of benzene rings is 2. The van der Waals surface area contributed by atoms with Crippen LogP contribution >= 0.6 is 0 Å². The summed E-state index contributed by atoms with van der Waals surface area (Å²) >= 11 is 0. The number of nitrogens with one attached hydrogen (secondary N) is 6. The first-order chi connectivity index (χ1) is 36.9. The second-order valence-corrected chi connectivity index (χ2v) is 22.9. The molecule has 8 atom stereocenters. The summed E-state index contributed by atoms with van der Waals surface area (Å²) in [5.41, 5.74) is 0.815. The summed E-state index contributed by atoms with van der Waals surface area (Å²) in [5.74, 6) is -5.19. The van der Waals surface area contributed by atoms with Gasteiger partial charge in [0.2, 0.25) is 41.4 Å². The fourth-order valence-corrected chi connectivity index (χ4v) is 9.41. The SMILES string of the molecule is CC[C@H](C)[C@H](NC(=O)OC(C)(C)C)C(=O)N1CCC[C@H]1C(=O)NCC(=O)N[C@@H](CC(C)C)C(=O)N1CCC[C@H]1C(=O)N[C@@H](CC(C)C)C(=O)N[C@@H](COCc1ccccc1)C(=O)N[C@@H](CC(C)C)C(=O)OCc1ccccc1. The van der Waals surface area contributed by atoms with E-state index in [4.69, 9.17) is 14.2 Å². The van der Waals surface area contributed by atoms with Gasteiger partial charge in [-0.25, -0.2) is 9.59 Å². The maximum atomic E-state index is 14.4. The molecule has 0 bridgehead atoms. The van der Waals surface area contributed by atoms with E-state index >= 15 is 0 Å². The second-order valence-electron chi connectivity index (χ2n) is 22.9. The van der Waals surface area contributed by atoms with E-state index in [9.17, 15) is 43.2 Å². The van der Waals surface area contributed by atoms with E-state index in [1.165, 1.54) is 9.80 Å². The summed E-state index contributed by atoms with van der Waals surface area (Å²) in [4.78, 5) is 127. The van der Waals surface area contributed by atoms with Gasteiger partial charge in [-0.2, -0.15) is 0 Å². The standard InChI is InChI=1S/C58H88N8O12/c1-12-39(8)49(64-57(75)78-58(9,10)11)55(73)66-28-19-25-46(66)52(70)59-32-48(67)60-43(30-37(4)5)54(72)65-27-20-26-47(65)53(71)61-42(29-36(2)3)50(68)63-45(35-76-33-40-21-15-13-16-22-40)51(69)62-44(31-38(6)7)56(74)77-34-41-23-17-14-18-24-41/h13-18,21-24,36-39,42-47,49H,12,19-20,25-35H2,1-11H3,(H,59,70)(H,60,67)(H,61,71)(H,62,69)(H,63,68)(H,64,75)/t39-,42-,43-,44-,45-,46-,47-,49-/m0/s1. The number of esters is 1. The highest BCUT2D eigenvalue weighted by atomic mass is 16.6. The molecule has 2 saturated heterocycles. The molecule has 6 N–H and O–H groups in total. The van der Waals surface area contributed by atoms with Crippen LogP contribution in [0.3, 0.4) is 0 Å². The molecule has 2 fully saturated rings. The third kappa shape index (κ3) is 21.0. The number of carbonyl (C=O) groups is 9. The van der Waals surface area contributed by atoms with Crippen LogP contribution in [0.25, 0.3) is 0 Å². The van der Waals surface area contributed by atoms with Gasteiger partial charge in [-0.15, -0.1) is 0 Å². The van der Waals surface area contributed by atoms with E-state index in [2.05, 4.69) is 31.9 Å². The van der Waals surface area contributed by atoms with Crippen molar-refractivity contribution in [2.75, 3.05) is 26.2 Å². The quantitative estimate of drug-likeness (QED) is 0.0612. The van der Waals surface area contributed by atoms with E-state index in [1.807, 2.05) is 116 Å². The van der Waals surface area contributed by atoms with Crippen molar-refractivity contribution in [3.8, 4) is 0 Å². The summed E-state index contributed by atoms with van der Waals surface area (Å²) in [6, 6.07) is 11.0. The zero-order valence-electron chi connectivity index (χ0n) is 47.8. The zero-order chi connectivity index (χ0) is 57.7. The highest BCUT2D eigenvalue weighted by Gasteiger charge is 2.42. The van der Waals surface area contributed by atoms with Crippen LogP contribution in [0.5, 0.6) is 0 Å². The molecule has 0 aliphatic carbocycles.